The van der Waals surface area contributed by atoms with Crippen LogP contribution in [0.1, 0.15) is 73.3 Å². The minimum atomic E-state index is -0.699. The molecule has 1 aliphatic rings. The van der Waals surface area contributed by atoms with Gasteiger partial charge in [0.2, 0.25) is 23.7 Å². The zero-order chi connectivity index (χ0) is 50.4. The molecule has 0 bridgehead atoms. The lowest BCUT2D eigenvalue weighted by Crippen LogP contribution is -2.42. The number of benzene rings is 2. The van der Waals surface area contributed by atoms with E-state index in [1.165, 1.54) is 31.4 Å². The van der Waals surface area contributed by atoms with E-state index in [4.69, 9.17) is 46.8 Å². The van der Waals surface area contributed by atoms with E-state index in [2.05, 4.69) is 25.7 Å². The third-order valence-corrected chi connectivity index (χ3v) is 11.9. The summed E-state index contributed by atoms with van der Waals surface area (Å²) in [6, 6.07) is 9.68. The van der Waals surface area contributed by atoms with Crippen molar-refractivity contribution in [3.8, 4) is 11.5 Å². The maximum atomic E-state index is 13.9. The second kappa shape index (κ2) is 21.5. The molecule has 1 saturated heterocycles. The maximum absolute atomic E-state index is 13.9. The van der Waals surface area contributed by atoms with Crippen LogP contribution in [-0.4, -0.2) is 138 Å². The highest BCUT2D eigenvalue weighted by Gasteiger charge is 2.31. The van der Waals surface area contributed by atoms with E-state index in [9.17, 15) is 19.2 Å². The van der Waals surface area contributed by atoms with E-state index in [1.807, 2.05) is 45.2 Å². The number of allylic oxidation sites excluding steroid dienone is 2. The zero-order valence-corrected chi connectivity index (χ0v) is 40.4. The van der Waals surface area contributed by atoms with Crippen LogP contribution in [-0.2, 0) is 30.9 Å². The molecule has 5 heterocycles. The Balaban J connectivity index is 1.19. The normalized spacial score (nSPS) is 15.1. The maximum Gasteiger partial charge on any atom is 0.276 e. The van der Waals surface area contributed by atoms with Crippen LogP contribution in [0.4, 0.5) is 11.9 Å². The average Bonchev–Trinajstić information content (AvgIpc) is 4.15. The van der Waals surface area contributed by atoms with Gasteiger partial charge < -0.3 is 45.4 Å². The molecule has 370 valence electrons. The number of fused-ring (bicyclic) bond motifs is 2. The van der Waals surface area contributed by atoms with Crippen molar-refractivity contribution in [2.75, 3.05) is 58.1 Å². The monoisotopic (exact) mass is 960 g/mol. The Bertz CT molecular complexity index is 3020. The standard InChI is InChI=1S/C47H60N16O7/c1-8-62-35(18-27(3)56-62)43(66)54-46-52-33-20-29(41(48)64)22-37(68-7)39(33)60(46)14-10-11-15-61-40-34(53-47(61)55-44(67)36-19-28(4)57-63(36)9-2)21-30(42(49)65)23-38(40)70-17-13-12-16-69-32-24-31(58(5)26-32)25-59(6)45(50)51/h10-13,18-23,31-32H,8-9,14-17,24-26H2,1-7H3,(H2,48,64)(H2,49,65)(H3,50,51)(H,52,54,66)(H,53,55,67)/b11-10+,13-12+. The summed E-state index contributed by atoms with van der Waals surface area (Å²) in [7, 11) is 5.28. The molecular formula is C47H60N16O7. The Morgan fingerprint density at radius 2 is 1.27 bits per heavy atom. The van der Waals surface area contributed by atoms with Crippen molar-refractivity contribution in [3.05, 3.63) is 94.6 Å². The van der Waals surface area contributed by atoms with E-state index >= 15 is 0 Å². The number of methoxy groups -OCH3 is 1. The van der Waals surface area contributed by atoms with Gasteiger partial charge in [0.25, 0.3) is 11.8 Å². The number of likely N-dealkylation sites (tertiary alicyclic amines) is 1. The molecule has 4 aromatic heterocycles. The van der Waals surface area contributed by atoms with Gasteiger partial charge in [-0.3, -0.25) is 49.5 Å². The minimum absolute atomic E-state index is 0.000893. The molecule has 0 saturated carbocycles. The number of hydrogen-bond donors (Lipinski definition) is 6. The molecule has 7 rings (SSSR count). The number of imidazole rings is 2. The lowest BCUT2D eigenvalue weighted by Gasteiger charge is -2.25. The van der Waals surface area contributed by atoms with Gasteiger partial charge in [-0.15, -0.1) is 0 Å². The number of rotatable bonds is 21. The summed E-state index contributed by atoms with van der Waals surface area (Å²) in [6.45, 7) is 10.3. The Labute approximate surface area is 403 Å². The molecule has 23 nitrogen and oxygen atoms in total. The summed E-state index contributed by atoms with van der Waals surface area (Å²) >= 11 is 0. The highest BCUT2D eigenvalue weighted by molar-refractivity contribution is 6.05. The van der Waals surface area contributed by atoms with Crippen molar-refractivity contribution < 1.29 is 33.4 Å². The number of hydrogen-bond acceptors (Lipinski definition) is 13. The molecule has 2 unspecified atom stereocenters. The number of primary amides is 2. The number of nitrogens with one attached hydrogen (secondary N) is 3. The van der Waals surface area contributed by atoms with E-state index in [1.54, 1.807) is 56.4 Å². The second-order valence-electron chi connectivity index (χ2n) is 16.9. The van der Waals surface area contributed by atoms with Crippen molar-refractivity contribution in [3.63, 3.8) is 0 Å². The van der Waals surface area contributed by atoms with Crippen LogP contribution in [0.3, 0.4) is 0 Å². The van der Waals surface area contributed by atoms with Gasteiger partial charge in [-0.2, -0.15) is 10.2 Å². The first-order chi connectivity index (χ1) is 33.5. The van der Waals surface area contributed by atoms with Gasteiger partial charge in [0, 0.05) is 63.5 Å². The molecule has 1 fully saturated rings. The molecule has 6 aromatic rings. The molecule has 2 aromatic carbocycles. The SMILES string of the molecule is CCn1nc(C)cc1C(=O)Nc1nc2cc(C(N)=O)cc(OC)c2n1C/C=C/Cn1c(NC(=O)c2cc(C)nn2CC)nc2cc(C(N)=O)cc(OC/C=C/COC3CC(CN(C)C(=N)N)N(C)C3)c21. The summed E-state index contributed by atoms with van der Waals surface area (Å²) in [5, 5.41) is 22.4. The number of guanidine groups is 1. The van der Waals surface area contributed by atoms with Crippen LogP contribution in [0.5, 0.6) is 11.5 Å². The van der Waals surface area contributed by atoms with Crippen molar-refractivity contribution in [1.29, 1.82) is 5.41 Å². The molecule has 4 amide bonds. The highest BCUT2D eigenvalue weighted by Crippen LogP contribution is 2.33. The predicted octanol–water partition coefficient (Wildman–Crippen LogP) is 3.25. The number of likely N-dealkylation sites (N-methyl/N-ethyl adjacent to an activating group) is 2. The number of amides is 4. The molecule has 0 aliphatic carbocycles. The topological polar surface area (TPSA) is 300 Å². The minimum Gasteiger partial charge on any atom is -0.494 e. The number of ether oxygens (including phenoxy) is 3. The fourth-order valence-corrected chi connectivity index (χ4v) is 8.43. The fraction of sp³-hybridized carbons (Fsp3) is 0.383. The Hall–Kier alpha value is -8.05. The molecule has 70 heavy (non-hydrogen) atoms. The van der Waals surface area contributed by atoms with Crippen molar-refractivity contribution in [2.24, 2.45) is 17.2 Å². The lowest BCUT2D eigenvalue weighted by atomic mass is 10.1. The van der Waals surface area contributed by atoms with Crippen LogP contribution in [0.2, 0.25) is 0 Å². The van der Waals surface area contributed by atoms with Crippen molar-refractivity contribution >= 4 is 63.6 Å². The predicted molar refractivity (Wildman–Crippen MR) is 263 cm³/mol. The third kappa shape index (κ3) is 10.9. The van der Waals surface area contributed by atoms with E-state index in [-0.39, 0.29) is 66.6 Å². The molecule has 1 aliphatic heterocycles. The van der Waals surface area contributed by atoms with Gasteiger partial charge in [0.05, 0.1) is 42.2 Å². The van der Waals surface area contributed by atoms with Crippen molar-refractivity contribution in [2.45, 2.75) is 72.4 Å². The fourth-order valence-electron chi connectivity index (χ4n) is 8.43. The van der Waals surface area contributed by atoms with Crippen molar-refractivity contribution in [1.82, 2.24) is 48.5 Å². The number of nitrogens with two attached hydrogens (primary N) is 3. The molecular weight excluding hydrogens is 901 g/mol. The molecule has 9 N–H and O–H groups in total. The van der Waals surface area contributed by atoms with Crippen LogP contribution in [0.25, 0.3) is 22.1 Å². The van der Waals surface area contributed by atoms with Gasteiger partial charge in [0.15, 0.2) is 5.96 Å². The van der Waals surface area contributed by atoms with Crippen LogP contribution in [0, 0.1) is 19.3 Å². The zero-order valence-electron chi connectivity index (χ0n) is 40.4. The van der Waals surface area contributed by atoms with Crippen LogP contribution < -0.4 is 37.3 Å². The van der Waals surface area contributed by atoms with Gasteiger partial charge in [-0.05, 0) is 83.6 Å². The molecule has 23 heteroatoms. The summed E-state index contributed by atoms with van der Waals surface area (Å²) < 4.78 is 24.8. The first-order valence-electron chi connectivity index (χ1n) is 22.7. The number of carbonyl (C=O) groups excluding carboxylic acids is 4. The summed E-state index contributed by atoms with van der Waals surface area (Å²) in [5.74, 6) is -1.36. The number of aromatic nitrogens is 8. The molecule has 0 spiro atoms. The third-order valence-electron chi connectivity index (χ3n) is 11.9. The van der Waals surface area contributed by atoms with Crippen LogP contribution >= 0.6 is 0 Å². The first kappa shape index (κ1) is 49.8. The van der Waals surface area contributed by atoms with Gasteiger partial charge in [0.1, 0.15) is 40.5 Å². The van der Waals surface area contributed by atoms with E-state index in [0.29, 0.717) is 76.8 Å². The quantitative estimate of drug-likeness (QED) is 0.0343. The van der Waals surface area contributed by atoms with E-state index < -0.39 is 23.6 Å². The van der Waals surface area contributed by atoms with Crippen LogP contribution in [0.15, 0.2) is 60.7 Å². The second-order valence-corrected chi connectivity index (χ2v) is 16.9. The Morgan fingerprint density at radius 3 is 1.76 bits per heavy atom. The van der Waals surface area contributed by atoms with Gasteiger partial charge in [-0.25, -0.2) is 9.97 Å². The van der Waals surface area contributed by atoms with E-state index in [0.717, 1.165) is 13.0 Å². The number of aryl methyl sites for hydroxylation is 4. The molecule has 2 atom stereocenters. The highest BCUT2D eigenvalue weighted by atomic mass is 16.5. The number of nitrogens with zero attached hydrogens (tertiary/aromatic N) is 10. The van der Waals surface area contributed by atoms with Gasteiger partial charge in [-0.1, -0.05) is 18.2 Å². The van der Waals surface area contributed by atoms with Gasteiger partial charge >= 0.3 is 0 Å². The average molecular weight is 961 g/mol. The lowest BCUT2D eigenvalue weighted by molar-refractivity contribution is 0.0819. The smallest absolute Gasteiger partial charge is 0.276 e. The Kier molecular flexibility index (Phi) is 15.3. The summed E-state index contributed by atoms with van der Waals surface area (Å²) in [4.78, 5) is 66.0. The number of anilines is 2. The Morgan fingerprint density at radius 1 is 0.771 bits per heavy atom. The molecule has 0 radical (unpaired) electrons. The first-order valence-corrected chi connectivity index (χ1v) is 22.7. The largest absolute Gasteiger partial charge is 0.494 e. The summed E-state index contributed by atoms with van der Waals surface area (Å²) in [6.07, 6.45) is 8.12. The number of carbonyl (C=O) groups is 4. The summed E-state index contributed by atoms with van der Waals surface area (Å²) in [5.41, 5.74) is 21.1.